The van der Waals surface area contributed by atoms with Crippen molar-refractivity contribution in [2.75, 3.05) is 0 Å². The highest BCUT2D eigenvalue weighted by atomic mass is 32.1. The minimum atomic E-state index is 1.17. The molecule has 0 atom stereocenters. The summed E-state index contributed by atoms with van der Waals surface area (Å²) in [4.78, 5) is 2.86. The van der Waals surface area contributed by atoms with Crippen LogP contribution in [-0.2, 0) is 6.54 Å². The van der Waals surface area contributed by atoms with Crippen LogP contribution in [0.2, 0.25) is 0 Å². The first-order chi connectivity index (χ1) is 9.20. The molecule has 3 heterocycles. The zero-order chi connectivity index (χ0) is 13.4. The van der Waals surface area contributed by atoms with Crippen LogP contribution in [0.15, 0.2) is 12.1 Å². The molecule has 0 saturated carbocycles. The van der Waals surface area contributed by atoms with Crippen LogP contribution in [0.25, 0.3) is 20.4 Å². The highest BCUT2D eigenvalue weighted by Crippen LogP contribution is 2.39. The van der Waals surface area contributed by atoms with Crippen LogP contribution in [0.1, 0.15) is 42.4 Å². The Balaban J connectivity index is 2.02. The van der Waals surface area contributed by atoms with Gasteiger partial charge < -0.3 is 4.57 Å². The number of aromatic nitrogens is 1. The van der Waals surface area contributed by atoms with E-state index in [1.54, 1.807) is 0 Å². The van der Waals surface area contributed by atoms with Gasteiger partial charge in [-0.3, -0.25) is 0 Å². The maximum atomic E-state index is 2.55. The first kappa shape index (κ1) is 13.2. The molecule has 0 unspecified atom stereocenters. The zero-order valence-electron chi connectivity index (χ0n) is 12.0. The van der Waals surface area contributed by atoms with Crippen molar-refractivity contribution in [2.24, 2.45) is 0 Å². The predicted octanol–water partition coefficient (Wildman–Crippen LogP) is 6.11. The van der Waals surface area contributed by atoms with Gasteiger partial charge in [0.2, 0.25) is 0 Å². The average Bonchev–Trinajstić information content (AvgIpc) is 2.98. The maximum absolute atomic E-state index is 2.55. The van der Waals surface area contributed by atoms with E-state index in [-0.39, 0.29) is 0 Å². The average molecular weight is 291 g/mol. The number of nitrogens with zero attached hydrogens (tertiary/aromatic N) is 1. The van der Waals surface area contributed by atoms with E-state index in [4.69, 9.17) is 0 Å². The summed E-state index contributed by atoms with van der Waals surface area (Å²) in [5.41, 5.74) is 2.92. The van der Waals surface area contributed by atoms with Crippen LogP contribution in [-0.4, -0.2) is 4.57 Å². The molecule has 0 aliphatic carbocycles. The molecular weight excluding hydrogens is 270 g/mol. The molecule has 3 rings (SSSR count). The van der Waals surface area contributed by atoms with E-state index in [2.05, 4.69) is 37.5 Å². The second-order valence-corrected chi connectivity index (χ2v) is 7.87. The Morgan fingerprint density at radius 1 is 0.895 bits per heavy atom. The van der Waals surface area contributed by atoms with Gasteiger partial charge in [0.05, 0.1) is 20.4 Å². The lowest BCUT2D eigenvalue weighted by Gasteiger charge is -2.05. The molecule has 1 nitrogen and oxygen atoms in total. The van der Waals surface area contributed by atoms with Crippen molar-refractivity contribution in [1.29, 1.82) is 0 Å². The predicted molar refractivity (Wildman–Crippen MR) is 88.8 cm³/mol. The van der Waals surface area contributed by atoms with E-state index in [0.717, 1.165) is 0 Å². The van der Waals surface area contributed by atoms with Gasteiger partial charge in [0.15, 0.2) is 0 Å². The Kier molecular flexibility index (Phi) is 3.68. The summed E-state index contributed by atoms with van der Waals surface area (Å²) in [6.07, 6.45) is 5.32. The summed E-state index contributed by atoms with van der Waals surface area (Å²) in [7, 11) is 0. The van der Waals surface area contributed by atoms with Crippen molar-refractivity contribution in [3.8, 4) is 0 Å². The number of rotatable bonds is 5. The molecule has 3 aromatic rings. The highest BCUT2D eigenvalue weighted by molar-refractivity contribution is 7.27. The fraction of sp³-hybridized carbons (Fsp3) is 0.500. The third-order valence-corrected chi connectivity index (χ3v) is 5.94. The lowest BCUT2D eigenvalue weighted by atomic mass is 10.2. The van der Waals surface area contributed by atoms with Crippen LogP contribution in [0.5, 0.6) is 0 Å². The summed E-state index contributed by atoms with van der Waals surface area (Å²) >= 11 is 3.90. The summed E-state index contributed by atoms with van der Waals surface area (Å²) < 4.78 is 5.55. The minimum absolute atomic E-state index is 1.17. The molecule has 3 aromatic heterocycles. The van der Waals surface area contributed by atoms with Gasteiger partial charge in [-0.25, -0.2) is 0 Å². The maximum Gasteiger partial charge on any atom is 0.0703 e. The second-order valence-electron chi connectivity index (χ2n) is 5.36. The quantitative estimate of drug-likeness (QED) is 0.499. The van der Waals surface area contributed by atoms with E-state index in [1.807, 2.05) is 22.7 Å². The van der Waals surface area contributed by atoms with Crippen LogP contribution in [0.3, 0.4) is 0 Å². The Labute approximate surface area is 122 Å². The third-order valence-electron chi connectivity index (χ3n) is 3.69. The van der Waals surface area contributed by atoms with Gasteiger partial charge in [-0.1, -0.05) is 26.2 Å². The third kappa shape index (κ3) is 2.34. The Morgan fingerprint density at radius 2 is 1.47 bits per heavy atom. The molecule has 0 fully saturated rings. The molecule has 102 valence electrons. The molecule has 0 bridgehead atoms. The lowest BCUT2D eigenvalue weighted by molar-refractivity contribution is 0.602. The zero-order valence-corrected chi connectivity index (χ0v) is 13.6. The summed E-state index contributed by atoms with van der Waals surface area (Å²) in [5, 5.41) is 0. The lowest BCUT2D eigenvalue weighted by Crippen LogP contribution is -1.96. The van der Waals surface area contributed by atoms with Crippen molar-refractivity contribution < 1.29 is 0 Å². The van der Waals surface area contributed by atoms with E-state index < -0.39 is 0 Å². The van der Waals surface area contributed by atoms with Gasteiger partial charge in [0, 0.05) is 16.3 Å². The van der Waals surface area contributed by atoms with Crippen molar-refractivity contribution in [3.63, 3.8) is 0 Å². The first-order valence-electron chi connectivity index (χ1n) is 7.19. The molecule has 3 heteroatoms. The monoisotopic (exact) mass is 291 g/mol. The molecule has 0 amide bonds. The smallest absolute Gasteiger partial charge is 0.0703 e. The van der Waals surface area contributed by atoms with Crippen molar-refractivity contribution in [1.82, 2.24) is 4.57 Å². The standard InChI is InChI=1S/C16H21NS2/c1-4-5-6-7-8-17-13-9-11(2)18-15(13)16-14(17)10-12(3)19-16/h9-10H,4-8H2,1-3H3. The summed E-state index contributed by atoms with van der Waals surface area (Å²) in [5.74, 6) is 0. The normalized spacial score (nSPS) is 11.9. The van der Waals surface area contributed by atoms with Gasteiger partial charge >= 0.3 is 0 Å². The largest absolute Gasteiger partial charge is 0.339 e. The Morgan fingerprint density at radius 3 is 2.00 bits per heavy atom. The van der Waals surface area contributed by atoms with E-state index in [0.29, 0.717) is 0 Å². The van der Waals surface area contributed by atoms with Crippen molar-refractivity contribution >= 4 is 43.1 Å². The van der Waals surface area contributed by atoms with E-state index in [9.17, 15) is 0 Å². The molecular formula is C16H21NS2. The SMILES string of the molecule is CCCCCCn1c2cc(C)sc2c2sc(C)cc21. The van der Waals surface area contributed by atoms with Crippen LogP contribution >= 0.6 is 22.7 Å². The van der Waals surface area contributed by atoms with E-state index in [1.165, 1.54) is 62.4 Å². The fourth-order valence-corrected chi connectivity index (χ4v) is 4.97. The number of aryl methyl sites for hydroxylation is 3. The van der Waals surface area contributed by atoms with Crippen molar-refractivity contribution in [2.45, 2.75) is 53.0 Å². The summed E-state index contributed by atoms with van der Waals surface area (Å²) in [6, 6.07) is 4.73. The topological polar surface area (TPSA) is 4.93 Å². The minimum Gasteiger partial charge on any atom is -0.339 e. The van der Waals surface area contributed by atoms with Crippen LogP contribution in [0, 0.1) is 13.8 Å². The molecule has 0 saturated heterocycles. The highest BCUT2D eigenvalue weighted by Gasteiger charge is 2.15. The fourth-order valence-electron chi connectivity index (χ4n) is 2.80. The molecule has 0 N–H and O–H groups in total. The van der Waals surface area contributed by atoms with Gasteiger partial charge in [-0.2, -0.15) is 0 Å². The van der Waals surface area contributed by atoms with Crippen molar-refractivity contribution in [3.05, 3.63) is 21.9 Å². The molecule has 19 heavy (non-hydrogen) atoms. The number of hydrogen-bond acceptors (Lipinski definition) is 2. The van der Waals surface area contributed by atoms with Gasteiger partial charge in [0.25, 0.3) is 0 Å². The molecule has 0 spiro atoms. The Bertz CT molecular complexity index is 645. The number of hydrogen-bond donors (Lipinski definition) is 0. The van der Waals surface area contributed by atoms with Gasteiger partial charge in [-0.15, -0.1) is 22.7 Å². The number of thiophene rings is 2. The first-order valence-corrected chi connectivity index (χ1v) is 8.82. The van der Waals surface area contributed by atoms with E-state index >= 15 is 0 Å². The van der Waals surface area contributed by atoms with Crippen LogP contribution in [0.4, 0.5) is 0 Å². The molecule has 0 radical (unpaired) electrons. The number of unbranched alkanes of at least 4 members (excludes halogenated alkanes) is 3. The molecule has 0 aromatic carbocycles. The summed E-state index contributed by atoms with van der Waals surface area (Å²) in [6.45, 7) is 7.89. The molecule has 0 aliphatic rings. The van der Waals surface area contributed by atoms with Gasteiger partial charge in [0.1, 0.15) is 0 Å². The molecule has 0 aliphatic heterocycles. The Hall–Kier alpha value is -0.800. The number of fused-ring (bicyclic) bond motifs is 3. The van der Waals surface area contributed by atoms with Crippen LogP contribution < -0.4 is 0 Å². The van der Waals surface area contributed by atoms with Gasteiger partial charge in [-0.05, 0) is 32.4 Å². The second kappa shape index (κ2) is 5.29.